The van der Waals surface area contributed by atoms with E-state index in [1.165, 1.54) is 12.2 Å². The number of esters is 4. The van der Waals surface area contributed by atoms with Gasteiger partial charge in [-0.25, -0.2) is 9.59 Å². The molecule has 0 saturated heterocycles. The van der Waals surface area contributed by atoms with Gasteiger partial charge in [0.05, 0.1) is 38.3 Å². The lowest BCUT2D eigenvalue weighted by molar-refractivity contribution is -0.163. The molecule has 2 atom stereocenters. The van der Waals surface area contributed by atoms with Crippen LogP contribution in [0.3, 0.4) is 0 Å². The average Bonchev–Trinajstić information content (AvgIpc) is 2.78. The molecule has 1 rings (SSSR count). The summed E-state index contributed by atoms with van der Waals surface area (Å²) in [6, 6.07) is 0. The van der Waals surface area contributed by atoms with E-state index in [4.69, 9.17) is 18.9 Å². The third-order valence-electron chi connectivity index (χ3n) is 5.03. The van der Waals surface area contributed by atoms with E-state index in [1.807, 2.05) is 0 Å². The van der Waals surface area contributed by atoms with Gasteiger partial charge in [-0.05, 0) is 52.4 Å². The molecule has 2 unspecified atom stereocenters. The van der Waals surface area contributed by atoms with Crippen LogP contribution < -0.4 is 0 Å². The summed E-state index contributed by atoms with van der Waals surface area (Å²) in [7, 11) is 0. The van der Waals surface area contributed by atoms with Crippen LogP contribution in [0, 0.1) is 11.8 Å². The van der Waals surface area contributed by atoms with Crippen LogP contribution in [-0.4, -0.2) is 50.3 Å². The van der Waals surface area contributed by atoms with Crippen molar-refractivity contribution in [1.82, 2.24) is 0 Å². The zero-order chi connectivity index (χ0) is 23.6. The number of allylic oxidation sites excluding steroid dienone is 2. The molecule has 8 heteroatoms. The van der Waals surface area contributed by atoms with Crippen molar-refractivity contribution in [3.05, 3.63) is 24.3 Å². The summed E-state index contributed by atoms with van der Waals surface area (Å²) in [6.07, 6.45) is 11.2. The molecule has 0 spiro atoms. The molecule has 0 radical (unpaired) electrons. The molecule has 0 heterocycles. The molecular formula is C24H36O8. The molecule has 1 aliphatic rings. The first-order valence-electron chi connectivity index (χ1n) is 11.4. The van der Waals surface area contributed by atoms with Crippen LogP contribution in [0.4, 0.5) is 0 Å². The lowest BCUT2D eigenvalue weighted by Crippen LogP contribution is -2.35. The largest absolute Gasteiger partial charge is 0.465 e. The number of unbranched alkanes of at least 4 members (excludes halogenated alkanes) is 2. The Hall–Kier alpha value is -2.64. The highest BCUT2D eigenvalue weighted by Gasteiger charge is 2.37. The van der Waals surface area contributed by atoms with Crippen molar-refractivity contribution in [2.24, 2.45) is 11.8 Å². The van der Waals surface area contributed by atoms with Crippen molar-refractivity contribution >= 4 is 23.9 Å². The van der Waals surface area contributed by atoms with Gasteiger partial charge in [0.25, 0.3) is 0 Å². The van der Waals surface area contributed by atoms with E-state index >= 15 is 0 Å². The van der Waals surface area contributed by atoms with Crippen molar-refractivity contribution < 1.29 is 38.1 Å². The van der Waals surface area contributed by atoms with Gasteiger partial charge in [0.2, 0.25) is 0 Å². The highest BCUT2D eigenvalue weighted by molar-refractivity contribution is 5.83. The van der Waals surface area contributed by atoms with Gasteiger partial charge >= 0.3 is 23.9 Å². The third-order valence-corrected chi connectivity index (χ3v) is 5.03. The van der Waals surface area contributed by atoms with Gasteiger partial charge in [-0.2, -0.15) is 0 Å². The number of carbonyl (C=O) groups excluding carboxylic acids is 4. The van der Waals surface area contributed by atoms with E-state index in [0.717, 1.165) is 12.8 Å². The fraction of sp³-hybridized carbons (Fsp3) is 0.667. The number of hydrogen-bond acceptors (Lipinski definition) is 8. The van der Waals surface area contributed by atoms with Crippen LogP contribution in [0.1, 0.15) is 65.2 Å². The molecule has 1 fully saturated rings. The minimum atomic E-state index is -0.481. The summed E-state index contributed by atoms with van der Waals surface area (Å²) < 4.78 is 20.7. The summed E-state index contributed by atoms with van der Waals surface area (Å²) in [4.78, 5) is 47.4. The first-order valence-corrected chi connectivity index (χ1v) is 11.4. The van der Waals surface area contributed by atoms with Gasteiger partial charge in [-0.15, -0.1) is 0 Å². The Kier molecular flexibility index (Phi) is 14.5. The molecule has 32 heavy (non-hydrogen) atoms. The first-order chi connectivity index (χ1) is 15.5. The Balaban J connectivity index is 2.26. The molecule has 0 aromatic carbocycles. The van der Waals surface area contributed by atoms with Crippen LogP contribution in [0.5, 0.6) is 0 Å². The minimum absolute atomic E-state index is 0.226. The van der Waals surface area contributed by atoms with Crippen molar-refractivity contribution in [2.75, 3.05) is 26.4 Å². The molecule has 0 aromatic heterocycles. The highest BCUT2D eigenvalue weighted by atomic mass is 16.5. The monoisotopic (exact) mass is 452 g/mol. The van der Waals surface area contributed by atoms with Gasteiger partial charge in [-0.1, -0.05) is 25.0 Å². The maximum absolute atomic E-state index is 12.5. The zero-order valence-electron chi connectivity index (χ0n) is 19.2. The zero-order valence-corrected chi connectivity index (χ0v) is 19.2. The molecule has 0 N–H and O–H groups in total. The van der Waals surface area contributed by atoms with Gasteiger partial charge in [0.15, 0.2) is 0 Å². The smallest absolute Gasteiger partial charge is 0.330 e. The highest BCUT2D eigenvalue weighted by Crippen LogP contribution is 2.32. The van der Waals surface area contributed by atoms with E-state index in [-0.39, 0.29) is 50.3 Å². The number of carbonyl (C=O) groups is 4. The quantitative estimate of drug-likeness (QED) is 0.170. The van der Waals surface area contributed by atoms with Crippen molar-refractivity contribution in [2.45, 2.75) is 65.2 Å². The molecular weight excluding hydrogens is 416 g/mol. The van der Waals surface area contributed by atoms with Crippen molar-refractivity contribution in [1.29, 1.82) is 0 Å². The van der Waals surface area contributed by atoms with E-state index in [2.05, 4.69) is 0 Å². The van der Waals surface area contributed by atoms with Crippen LogP contribution in [0.2, 0.25) is 0 Å². The van der Waals surface area contributed by atoms with Crippen LogP contribution in [-0.2, 0) is 38.1 Å². The van der Waals surface area contributed by atoms with Crippen LogP contribution in [0.15, 0.2) is 24.3 Å². The third kappa shape index (κ3) is 11.7. The summed E-state index contributed by atoms with van der Waals surface area (Å²) in [6.45, 7) is 4.47. The summed E-state index contributed by atoms with van der Waals surface area (Å²) >= 11 is 0. The predicted molar refractivity (Wildman–Crippen MR) is 117 cm³/mol. The van der Waals surface area contributed by atoms with Crippen LogP contribution >= 0.6 is 0 Å². The fourth-order valence-corrected chi connectivity index (χ4v) is 3.38. The molecule has 0 bridgehead atoms. The first kappa shape index (κ1) is 27.4. The molecule has 1 saturated carbocycles. The maximum Gasteiger partial charge on any atom is 0.330 e. The normalized spacial score (nSPS) is 18.4. The average molecular weight is 453 g/mol. The van der Waals surface area contributed by atoms with Crippen LogP contribution in [0.25, 0.3) is 0 Å². The second-order valence-electron chi connectivity index (χ2n) is 7.58. The lowest BCUT2D eigenvalue weighted by atomic mass is 9.79. The molecule has 0 aromatic rings. The predicted octanol–water partition coefficient (Wildman–Crippen LogP) is 3.68. The Morgan fingerprint density at radius 1 is 0.625 bits per heavy atom. The topological polar surface area (TPSA) is 105 Å². The Bertz CT molecular complexity index is 596. The molecule has 8 nitrogen and oxygen atoms in total. The number of rotatable bonds is 14. The standard InChI is InChI=1S/C24H36O8/c1-3-11-21(25)29-15-7-9-17-31-23(27)19-13-5-6-14-20(19)24(28)32-18-10-8-16-30-22(26)12-4-2/h3-4,11-12,19-20H,5-10,13-18H2,1-2H3. The number of hydrogen-bond donors (Lipinski definition) is 0. The molecule has 0 amide bonds. The summed E-state index contributed by atoms with van der Waals surface area (Å²) in [5, 5.41) is 0. The van der Waals surface area contributed by atoms with Gasteiger partial charge in [-0.3, -0.25) is 9.59 Å². The van der Waals surface area contributed by atoms with Gasteiger partial charge < -0.3 is 18.9 Å². The molecule has 180 valence electrons. The van der Waals surface area contributed by atoms with Gasteiger partial charge in [0, 0.05) is 12.2 Å². The fourth-order valence-electron chi connectivity index (χ4n) is 3.38. The Morgan fingerprint density at radius 2 is 0.969 bits per heavy atom. The SMILES string of the molecule is CC=CC(=O)OCCCCOC(=O)C1CCCCC1C(=O)OCCCCOC(=O)C=CC. The molecule has 0 aliphatic heterocycles. The Labute approximate surface area is 190 Å². The lowest BCUT2D eigenvalue weighted by Gasteiger charge is -2.28. The second kappa shape index (κ2) is 17.0. The second-order valence-corrected chi connectivity index (χ2v) is 7.58. The van der Waals surface area contributed by atoms with Gasteiger partial charge in [0.1, 0.15) is 0 Å². The Morgan fingerprint density at radius 3 is 1.31 bits per heavy atom. The summed E-state index contributed by atoms with van der Waals surface area (Å²) in [5.74, 6) is -2.47. The minimum Gasteiger partial charge on any atom is -0.465 e. The van der Waals surface area contributed by atoms with E-state index in [9.17, 15) is 19.2 Å². The number of ether oxygens (including phenoxy) is 4. The van der Waals surface area contributed by atoms with Crippen molar-refractivity contribution in [3.8, 4) is 0 Å². The molecule has 1 aliphatic carbocycles. The van der Waals surface area contributed by atoms with E-state index in [0.29, 0.717) is 38.5 Å². The van der Waals surface area contributed by atoms with E-state index in [1.54, 1.807) is 26.0 Å². The maximum atomic E-state index is 12.5. The summed E-state index contributed by atoms with van der Waals surface area (Å²) in [5.41, 5.74) is 0. The van der Waals surface area contributed by atoms with Crippen molar-refractivity contribution in [3.63, 3.8) is 0 Å². The van der Waals surface area contributed by atoms with E-state index < -0.39 is 11.8 Å².